The van der Waals surface area contributed by atoms with E-state index in [4.69, 9.17) is 0 Å². The van der Waals surface area contributed by atoms with Gasteiger partial charge in [0.1, 0.15) is 5.01 Å². The third-order valence-electron chi connectivity index (χ3n) is 3.68. The zero-order valence-corrected chi connectivity index (χ0v) is 12.3. The van der Waals surface area contributed by atoms with E-state index in [1.807, 2.05) is 6.08 Å². The van der Waals surface area contributed by atoms with Crippen molar-refractivity contribution in [1.82, 2.24) is 4.98 Å². The molecule has 17 heavy (non-hydrogen) atoms. The predicted molar refractivity (Wildman–Crippen MR) is 78.6 cm³/mol. The van der Waals surface area contributed by atoms with Crippen LogP contribution in [-0.4, -0.2) is 4.98 Å². The molecule has 0 amide bonds. The second-order valence-corrected chi connectivity index (χ2v) is 5.89. The lowest BCUT2D eigenvalue weighted by Gasteiger charge is -2.26. The normalized spacial score (nSPS) is 14.5. The monoisotopic (exact) mass is 251 g/mol. The van der Waals surface area contributed by atoms with E-state index < -0.39 is 0 Å². The highest BCUT2D eigenvalue weighted by atomic mass is 32.1. The molecule has 0 fully saturated rings. The van der Waals surface area contributed by atoms with Crippen LogP contribution in [0, 0.1) is 0 Å². The van der Waals surface area contributed by atoms with Gasteiger partial charge in [-0.2, -0.15) is 0 Å². The summed E-state index contributed by atoms with van der Waals surface area (Å²) in [4.78, 5) is 4.67. The van der Waals surface area contributed by atoms with Crippen molar-refractivity contribution in [3.8, 4) is 0 Å². The first-order chi connectivity index (χ1) is 8.16. The molecule has 1 aromatic heterocycles. The van der Waals surface area contributed by atoms with Crippen LogP contribution in [0.25, 0.3) is 6.08 Å². The molecule has 1 nitrogen and oxygen atoms in total. The number of hydrogen-bond donors (Lipinski definition) is 0. The molecule has 1 rings (SSSR count). The molecule has 0 aliphatic carbocycles. The summed E-state index contributed by atoms with van der Waals surface area (Å²) in [7, 11) is 0. The SMILES string of the molecule is C=Cc1nc(C(C)(CC)CCCCCC)cs1. The van der Waals surface area contributed by atoms with Crippen LogP contribution in [0.1, 0.15) is 70.0 Å². The van der Waals surface area contributed by atoms with Crippen molar-refractivity contribution in [2.24, 2.45) is 0 Å². The summed E-state index contributed by atoms with van der Waals surface area (Å²) in [5.74, 6) is 0. The third-order valence-corrected chi connectivity index (χ3v) is 4.52. The van der Waals surface area contributed by atoms with Crippen molar-refractivity contribution in [1.29, 1.82) is 0 Å². The number of aromatic nitrogens is 1. The van der Waals surface area contributed by atoms with Crippen LogP contribution in [0.5, 0.6) is 0 Å². The largest absolute Gasteiger partial charge is 0.241 e. The van der Waals surface area contributed by atoms with E-state index in [1.54, 1.807) is 11.3 Å². The molecule has 0 spiro atoms. The Hall–Kier alpha value is -0.630. The van der Waals surface area contributed by atoms with Crippen LogP contribution in [0.15, 0.2) is 12.0 Å². The Morgan fingerprint density at radius 2 is 2.12 bits per heavy atom. The number of nitrogens with zero attached hydrogens (tertiary/aromatic N) is 1. The maximum absolute atomic E-state index is 4.67. The van der Waals surface area contributed by atoms with Crippen molar-refractivity contribution in [3.63, 3.8) is 0 Å². The first-order valence-electron chi connectivity index (χ1n) is 6.74. The first kappa shape index (κ1) is 14.4. The number of unbranched alkanes of at least 4 members (excludes halogenated alkanes) is 3. The van der Waals surface area contributed by atoms with Gasteiger partial charge in [0.05, 0.1) is 5.69 Å². The lowest BCUT2D eigenvalue weighted by molar-refractivity contribution is 0.387. The summed E-state index contributed by atoms with van der Waals surface area (Å²) in [5.41, 5.74) is 1.52. The highest BCUT2D eigenvalue weighted by Crippen LogP contribution is 2.34. The second kappa shape index (κ2) is 6.95. The van der Waals surface area contributed by atoms with Gasteiger partial charge in [-0.25, -0.2) is 4.98 Å². The van der Waals surface area contributed by atoms with Gasteiger partial charge in [-0.3, -0.25) is 0 Å². The van der Waals surface area contributed by atoms with Gasteiger partial charge in [0, 0.05) is 10.8 Å². The smallest absolute Gasteiger partial charge is 0.115 e. The van der Waals surface area contributed by atoms with Crippen molar-refractivity contribution >= 4 is 17.4 Å². The van der Waals surface area contributed by atoms with E-state index in [0.29, 0.717) is 0 Å². The molecule has 1 unspecified atom stereocenters. The molecule has 1 heterocycles. The van der Waals surface area contributed by atoms with Crippen molar-refractivity contribution < 1.29 is 0 Å². The minimum atomic E-state index is 0.255. The molecule has 0 bridgehead atoms. The molecule has 0 saturated heterocycles. The maximum atomic E-state index is 4.67. The minimum absolute atomic E-state index is 0.255. The Labute approximate surface area is 110 Å². The summed E-state index contributed by atoms with van der Waals surface area (Å²) in [6, 6.07) is 0. The standard InChI is InChI=1S/C15H25NS/c1-5-8-9-10-11-15(4,7-3)13-12-17-14(6-2)16-13/h6,12H,2,5,7-11H2,1,3-4H3. The van der Waals surface area contributed by atoms with Crippen molar-refractivity contribution in [3.05, 3.63) is 22.7 Å². The fraction of sp³-hybridized carbons (Fsp3) is 0.667. The van der Waals surface area contributed by atoms with Crippen LogP contribution in [0.4, 0.5) is 0 Å². The zero-order valence-electron chi connectivity index (χ0n) is 11.5. The van der Waals surface area contributed by atoms with Crippen molar-refractivity contribution in [2.75, 3.05) is 0 Å². The fourth-order valence-electron chi connectivity index (χ4n) is 2.09. The molecular weight excluding hydrogens is 226 g/mol. The molecule has 0 saturated carbocycles. The summed E-state index contributed by atoms with van der Waals surface area (Å²) >= 11 is 1.71. The maximum Gasteiger partial charge on any atom is 0.115 e. The molecule has 96 valence electrons. The van der Waals surface area contributed by atoms with E-state index in [2.05, 4.69) is 37.7 Å². The molecule has 0 radical (unpaired) electrons. The third kappa shape index (κ3) is 3.95. The Kier molecular flexibility index (Phi) is 5.90. The van der Waals surface area contributed by atoms with E-state index in [1.165, 1.54) is 44.2 Å². The van der Waals surface area contributed by atoms with Gasteiger partial charge in [0.2, 0.25) is 0 Å². The fourth-order valence-corrected chi connectivity index (χ4v) is 2.90. The lowest BCUT2D eigenvalue weighted by Crippen LogP contribution is -2.21. The average molecular weight is 251 g/mol. The van der Waals surface area contributed by atoms with Gasteiger partial charge >= 0.3 is 0 Å². The average Bonchev–Trinajstić information content (AvgIpc) is 2.83. The van der Waals surface area contributed by atoms with Gasteiger partial charge < -0.3 is 0 Å². The van der Waals surface area contributed by atoms with E-state index in [0.717, 1.165) is 5.01 Å². The Morgan fingerprint density at radius 3 is 2.65 bits per heavy atom. The van der Waals surface area contributed by atoms with E-state index >= 15 is 0 Å². The molecule has 0 aromatic carbocycles. The van der Waals surface area contributed by atoms with Gasteiger partial charge in [-0.05, 0) is 18.9 Å². The predicted octanol–water partition coefficient (Wildman–Crippen LogP) is 5.42. The van der Waals surface area contributed by atoms with Gasteiger partial charge in [0.15, 0.2) is 0 Å². The van der Waals surface area contributed by atoms with Crippen LogP contribution >= 0.6 is 11.3 Å². The Morgan fingerprint density at radius 1 is 1.35 bits per heavy atom. The summed E-state index contributed by atoms with van der Waals surface area (Å²) in [6.45, 7) is 10.7. The van der Waals surface area contributed by atoms with Crippen LogP contribution in [-0.2, 0) is 5.41 Å². The molecular formula is C15H25NS. The number of thiazole rings is 1. The highest BCUT2D eigenvalue weighted by molar-refractivity contribution is 7.10. The topological polar surface area (TPSA) is 12.9 Å². The Bertz CT molecular complexity index is 342. The van der Waals surface area contributed by atoms with Gasteiger partial charge in [0.25, 0.3) is 0 Å². The van der Waals surface area contributed by atoms with Gasteiger partial charge in [-0.1, -0.05) is 53.0 Å². The molecule has 0 aliphatic rings. The minimum Gasteiger partial charge on any atom is -0.241 e. The molecule has 0 N–H and O–H groups in total. The number of rotatable bonds is 8. The highest BCUT2D eigenvalue weighted by Gasteiger charge is 2.26. The van der Waals surface area contributed by atoms with Crippen molar-refractivity contribution in [2.45, 2.75) is 64.7 Å². The summed E-state index contributed by atoms with van der Waals surface area (Å²) in [5, 5.41) is 3.26. The quantitative estimate of drug-likeness (QED) is 0.562. The van der Waals surface area contributed by atoms with E-state index in [9.17, 15) is 0 Å². The first-order valence-corrected chi connectivity index (χ1v) is 7.62. The summed E-state index contributed by atoms with van der Waals surface area (Å²) in [6.07, 6.45) is 9.60. The van der Waals surface area contributed by atoms with Crippen LogP contribution in [0.3, 0.4) is 0 Å². The zero-order chi connectivity index (χ0) is 12.7. The number of hydrogen-bond acceptors (Lipinski definition) is 2. The van der Waals surface area contributed by atoms with Crippen LogP contribution < -0.4 is 0 Å². The summed E-state index contributed by atoms with van der Waals surface area (Å²) < 4.78 is 0. The van der Waals surface area contributed by atoms with Crippen LogP contribution in [0.2, 0.25) is 0 Å². The Balaban J connectivity index is 2.63. The molecule has 1 atom stereocenters. The van der Waals surface area contributed by atoms with E-state index in [-0.39, 0.29) is 5.41 Å². The molecule has 2 heteroatoms. The molecule has 1 aromatic rings. The van der Waals surface area contributed by atoms with Gasteiger partial charge in [-0.15, -0.1) is 11.3 Å². The second-order valence-electron chi connectivity index (χ2n) is 5.00. The lowest BCUT2D eigenvalue weighted by atomic mass is 9.79. The molecule has 0 aliphatic heterocycles.